The van der Waals surface area contributed by atoms with Crippen LogP contribution in [0, 0.1) is 12.8 Å². The van der Waals surface area contributed by atoms with Gasteiger partial charge >= 0.3 is 0 Å². The van der Waals surface area contributed by atoms with Crippen LogP contribution in [-0.2, 0) is 0 Å². The summed E-state index contributed by atoms with van der Waals surface area (Å²) in [5.41, 5.74) is 7.91. The molecule has 2 heterocycles. The van der Waals surface area contributed by atoms with E-state index in [4.69, 9.17) is 5.73 Å². The summed E-state index contributed by atoms with van der Waals surface area (Å²) in [5.74, 6) is 1.18. The number of nitrogen functional groups attached to an aromatic ring is 1. The van der Waals surface area contributed by atoms with E-state index in [9.17, 15) is 0 Å². The Bertz CT molecular complexity index is 530. The maximum absolute atomic E-state index is 5.99. The second-order valence-electron chi connectivity index (χ2n) is 4.77. The van der Waals surface area contributed by atoms with Crippen molar-refractivity contribution in [2.75, 3.05) is 24.2 Å². The highest BCUT2D eigenvalue weighted by Gasteiger charge is 2.19. The highest BCUT2D eigenvalue weighted by atomic mass is 32.1. The van der Waals surface area contributed by atoms with Gasteiger partial charge in [0.15, 0.2) is 0 Å². The van der Waals surface area contributed by atoms with Gasteiger partial charge in [-0.1, -0.05) is 13.8 Å². The summed E-state index contributed by atoms with van der Waals surface area (Å²) in [7, 11) is 2.08. The molecule has 0 atom stereocenters. The van der Waals surface area contributed by atoms with Crippen molar-refractivity contribution in [1.82, 2.24) is 9.36 Å². The number of nitrogens with two attached hydrogens (primary N) is 1. The lowest BCUT2D eigenvalue weighted by Crippen LogP contribution is -2.22. The third kappa shape index (κ3) is 2.64. The Kier molecular flexibility index (Phi) is 3.87. The van der Waals surface area contributed by atoms with E-state index in [2.05, 4.69) is 35.2 Å². The molecule has 0 amide bonds. The van der Waals surface area contributed by atoms with Crippen molar-refractivity contribution >= 4 is 33.7 Å². The van der Waals surface area contributed by atoms with E-state index in [-0.39, 0.29) is 0 Å². The van der Waals surface area contributed by atoms with Gasteiger partial charge in [-0.3, -0.25) is 0 Å². The molecular formula is C12H18N4S2. The molecule has 2 N–H and O–H groups in total. The fourth-order valence-electron chi connectivity index (χ4n) is 1.90. The molecule has 0 saturated heterocycles. The van der Waals surface area contributed by atoms with E-state index in [0.29, 0.717) is 11.7 Å². The van der Waals surface area contributed by atoms with Gasteiger partial charge in [-0.05, 0) is 24.4 Å². The van der Waals surface area contributed by atoms with Crippen molar-refractivity contribution in [2.45, 2.75) is 20.8 Å². The molecule has 0 bridgehead atoms. The number of aryl methyl sites for hydroxylation is 1. The smallest absolute Gasteiger partial charge is 0.148 e. The number of hydrogen-bond donors (Lipinski definition) is 1. The van der Waals surface area contributed by atoms with Crippen LogP contribution >= 0.6 is 22.9 Å². The topological polar surface area (TPSA) is 55.0 Å². The van der Waals surface area contributed by atoms with Gasteiger partial charge in [0.1, 0.15) is 10.8 Å². The summed E-state index contributed by atoms with van der Waals surface area (Å²) >= 11 is 3.08. The Labute approximate surface area is 116 Å². The van der Waals surface area contributed by atoms with E-state index >= 15 is 0 Å². The first-order valence-electron chi connectivity index (χ1n) is 5.87. The van der Waals surface area contributed by atoms with Gasteiger partial charge in [0, 0.05) is 19.0 Å². The lowest BCUT2D eigenvalue weighted by Gasteiger charge is -2.20. The highest BCUT2D eigenvalue weighted by molar-refractivity contribution is 7.11. The van der Waals surface area contributed by atoms with Gasteiger partial charge in [0.05, 0.1) is 16.3 Å². The quantitative estimate of drug-likeness (QED) is 0.935. The summed E-state index contributed by atoms with van der Waals surface area (Å²) in [6.07, 6.45) is 0. The van der Waals surface area contributed by atoms with E-state index in [1.807, 2.05) is 12.3 Å². The minimum absolute atomic E-state index is 0.580. The first-order valence-corrected chi connectivity index (χ1v) is 7.53. The first kappa shape index (κ1) is 13.3. The number of thiazole rings is 1. The van der Waals surface area contributed by atoms with Crippen molar-refractivity contribution in [3.05, 3.63) is 10.4 Å². The van der Waals surface area contributed by atoms with Crippen LogP contribution in [0.2, 0.25) is 0 Å². The molecule has 2 aromatic heterocycles. The number of hydrogen-bond acceptors (Lipinski definition) is 6. The molecule has 2 rings (SSSR count). The van der Waals surface area contributed by atoms with E-state index in [0.717, 1.165) is 27.8 Å². The third-order valence-corrected chi connectivity index (χ3v) is 4.31. The van der Waals surface area contributed by atoms with Crippen molar-refractivity contribution in [1.29, 1.82) is 0 Å². The molecule has 0 radical (unpaired) electrons. The molecular weight excluding hydrogens is 264 g/mol. The molecule has 2 aromatic rings. The normalized spacial score (nSPS) is 11.2. The zero-order valence-corrected chi connectivity index (χ0v) is 12.7. The summed E-state index contributed by atoms with van der Waals surface area (Å²) in [6.45, 7) is 7.39. The Morgan fingerprint density at radius 3 is 2.72 bits per heavy atom. The van der Waals surface area contributed by atoms with E-state index in [1.165, 1.54) is 11.5 Å². The van der Waals surface area contributed by atoms with Gasteiger partial charge in [-0.15, -0.1) is 11.3 Å². The van der Waals surface area contributed by atoms with Crippen LogP contribution < -0.4 is 10.6 Å². The van der Waals surface area contributed by atoms with Crippen LogP contribution in [0.3, 0.4) is 0 Å². The fourth-order valence-corrected chi connectivity index (χ4v) is 3.30. The highest BCUT2D eigenvalue weighted by Crippen LogP contribution is 2.39. The van der Waals surface area contributed by atoms with Gasteiger partial charge in [0.2, 0.25) is 0 Å². The maximum Gasteiger partial charge on any atom is 0.148 e. The molecule has 0 saturated carbocycles. The van der Waals surface area contributed by atoms with Crippen molar-refractivity contribution < 1.29 is 0 Å². The number of aromatic nitrogens is 2. The molecule has 0 aliphatic heterocycles. The van der Waals surface area contributed by atoms with Crippen LogP contribution in [0.4, 0.5) is 10.8 Å². The molecule has 0 aliphatic carbocycles. The van der Waals surface area contributed by atoms with Crippen LogP contribution in [-0.4, -0.2) is 22.9 Å². The number of anilines is 2. The summed E-state index contributed by atoms with van der Waals surface area (Å²) in [5, 5.41) is 4.20. The van der Waals surface area contributed by atoms with Crippen LogP contribution in [0.15, 0.2) is 5.38 Å². The Morgan fingerprint density at radius 2 is 2.17 bits per heavy atom. The second-order valence-corrected chi connectivity index (χ2v) is 6.59. The van der Waals surface area contributed by atoms with Gasteiger partial charge < -0.3 is 10.6 Å². The maximum atomic E-state index is 5.99. The standard InChI is InChI=1S/C12H18N4S2/c1-7(2)5-16(4)12-10(11(13)15-18-12)9-6-17-8(3)14-9/h6-7H,5H2,1-4H3,(H2,13,15). The number of rotatable bonds is 4. The molecule has 98 valence electrons. The zero-order chi connectivity index (χ0) is 13.3. The second kappa shape index (κ2) is 5.24. The molecule has 0 aromatic carbocycles. The number of nitrogens with zero attached hydrogens (tertiary/aromatic N) is 3. The molecule has 0 aliphatic rings. The molecule has 6 heteroatoms. The fraction of sp³-hybridized carbons (Fsp3) is 0.500. The third-order valence-electron chi connectivity index (χ3n) is 2.56. The minimum Gasteiger partial charge on any atom is -0.382 e. The van der Waals surface area contributed by atoms with Crippen LogP contribution in [0.5, 0.6) is 0 Å². The summed E-state index contributed by atoms with van der Waals surface area (Å²) in [4.78, 5) is 6.73. The van der Waals surface area contributed by atoms with E-state index in [1.54, 1.807) is 11.3 Å². The van der Waals surface area contributed by atoms with E-state index < -0.39 is 0 Å². The molecule has 18 heavy (non-hydrogen) atoms. The Balaban J connectivity index is 2.38. The summed E-state index contributed by atoms with van der Waals surface area (Å²) < 4.78 is 4.27. The molecule has 4 nitrogen and oxygen atoms in total. The van der Waals surface area contributed by atoms with Gasteiger partial charge in [0.25, 0.3) is 0 Å². The largest absolute Gasteiger partial charge is 0.382 e. The predicted molar refractivity (Wildman–Crippen MR) is 80.5 cm³/mol. The molecule has 0 spiro atoms. The Hall–Kier alpha value is -1.14. The van der Waals surface area contributed by atoms with Crippen molar-refractivity contribution in [2.24, 2.45) is 5.92 Å². The molecule has 0 fully saturated rings. The average Bonchev–Trinajstić information content (AvgIpc) is 2.83. The monoisotopic (exact) mass is 282 g/mol. The van der Waals surface area contributed by atoms with Crippen molar-refractivity contribution in [3.8, 4) is 11.3 Å². The lowest BCUT2D eigenvalue weighted by molar-refractivity contribution is 0.641. The zero-order valence-electron chi connectivity index (χ0n) is 11.1. The van der Waals surface area contributed by atoms with Gasteiger partial charge in [-0.2, -0.15) is 4.37 Å². The SMILES string of the molecule is Cc1nc(-c2c(N)nsc2N(C)CC(C)C)cs1. The predicted octanol–water partition coefficient (Wildman–Crippen LogP) is 3.25. The van der Waals surface area contributed by atoms with Crippen LogP contribution in [0.1, 0.15) is 18.9 Å². The van der Waals surface area contributed by atoms with Crippen LogP contribution in [0.25, 0.3) is 11.3 Å². The van der Waals surface area contributed by atoms with Crippen molar-refractivity contribution in [3.63, 3.8) is 0 Å². The average molecular weight is 282 g/mol. The summed E-state index contributed by atoms with van der Waals surface area (Å²) in [6, 6.07) is 0. The lowest BCUT2D eigenvalue weighted by atomic mass is 10.2. The first-order chi connectivity index (χ1) is 8.49. The minimum atomic E-state index is 0.580. The Morgan fingerprint density at radius 1 is 1.44 bits per heavy atom. The molecule has 0 unspecified atom stereocenters. The van der Waals surface area contributed by atoms with Gasteiger partial charge in [-0.25, -0.2) is 4.98 Å².